The van der Waals surface area contributed by atoms with Crippen molar-refractivity contribution in [3.63, 3.8) is 0 Å². The zero-order chi connectivity index (χ0) is 21.3. The number of rotatable bonds is 6. The molecule has 0 spiro atoms. The fraction of sp³-hybridized carbons (Fsp3) is 0.864. The van der Waals surface area contributed by atoms with Gasteiger partial charge in [0.1, 0.15) is 5.82 Å². The quantitative estimate of drug-likeness (QED) is 0.773. The SMILES string of the molecule is CCCCN(c1nc(NC)nc(C(C)(C)C)n1)C1CC(C)(C)N(C)C(C)(C)C1. The van der Waals surface area contributed by atoms with Gasteiger partial charge < -0.3 is 10.2 Å². The summed E-state index contributed by atoms with van der Waals surface area (Å²) in [7, 11) is 4.14. The lowest BCUT2D eigenvalue weighted by Gasteiger charge is -2.55. The van der Waals surface area contributed by atoms with E-state index in [4.69, 9.17) is 9.97 Å². The molecule has 1 N–H and O–H groups in total. The summed E-state index contributed by atoms with van der Waals surface area (Å²) in [6.07, 6.45) is 4.49. The second-order valence-electron chi connectivity index (χ2n) is 10.6. The highest BCUT2D eigenvalue weighted by Crippen LogP contribution is 2.40. The lowest BCUT2D eigenvalue weighted by atomic mass is 9.77. The van der Waals surface area contributed by atoms with Gasteiger partial charge in [-0.25, -0.2) is 0 Å². The molecule has 0 radical (unpaired) electrons. The smallest absolute Gasteiger partial charge is 0.230 e. The monoisotopic (exact) mass is 390 g/mol. The molecule has 0 atom stereocenters. The summed E-state index contributed by atoms with van der Waals surface area (Å²) < 4.78 is 0. The Bertz CT molecular complexity index is 643. The largest absolute Gasteiger partial charge is 0.357 e. The second-order valence-corrected chi connectivity index (χ2v) is 10.6. The van der Waals surface area contributed by atoms with Crippen molar-refractivity contribution < 1.29 is 0 Å². The van der Waals surface area contributed by atoms with Gasteiger partial charge in [0, 0.05) is 36.1 Å². The van der Waals surface area contributed by atoms with Gasteiger partial charge in [-0.15, -0.1) is 0 Å². The van der Waals surface area contributed by atoms with Crippen LogP contribution in [0.2, 0.25) is 0 Å². The zero-order valence-electron chi connectivity index (χ0n) is 19.8. The molecule has 160 valence electrons. The molecule has 1 aromatic rings. The van der Waals surface area contributed by atoms with Crippen LogP contribution >= 0.6 is 0 Å². The van der Waals surface area contributed by atoms with Crippen LogP contribution < -0.4 is 10.2 Å². The number of piperidine rings is 1. The van der Waals surface area contributed by atoms with Gasteiger partial charge in [-0.3, -0.25) is 4.90 Å². The first-order valence-corrected chi connectivity index (χ1v) is 10.8. The maximum atomic E-state index is 4.95. The van der Waals surface area contributed by atoms with Gasteiger partial charge in [-0.2, -0.15) is 15.0 Å². The van der Waals surface area contributed by atoms with E-state index in [1.165, 1.54) is 0 Å². The lowest BCUT2D eigenvalue weighted by Crippen LogP contribution is -2.63. The first-order valence-electron chi connectivity index (χ1n) is 10.8. The number of likely N-dealkylation sites (tertiary alicyclic amines) is 1. The van der Waals surface area contributed by atoms with Crippen LogP contribution in [0.5, 0.6) is 0 Å². The van der Waals surface area contributed by atoms with Gasteiger partial charge in [-0.05, 0) is 54.0 Å². The number of nitrogens with zero attached hydrogens (tertiary/aromatic N) is 5. The summed E-state index contributed by atoms with van der Waals surface area (Å²) in [5.74, 6) is 2.32. The molecular formula is C22H42N6. The van der Waals surface area contributed by atoms with Crippen LogP contribution in [0.3, 0.4) is 0 Å². The molecule has 0 aromatic carbocycles. The Morgan fingerprint density at radius 3 is 2.11 bits per heavy atom. The van der Waals surface area contributed by atoms with E-state index in [1.807, 2.05) is 7.05 Å². The molecular weight excluding hydrogens is 348 g/mol. The van der Waals surface area contributed by atoms with Crippen molar-refractivity contribution in [2.75, 3.05) is 30.9 Å². The molecule has 0 unspecified atom stereocenters. The fourth-order valence-corrected chi connectivity index (χ4v) is 4.25. The number of unbranched alkanes of at least 4 members (excludes halogenated alkanes) is 1. The van der Waals surface area contributed by atoms with Crippen LogP contribution in [0.1, 0.15) is 86.9 Å². The Morgan fingerprint density at radius 2 is 1.64 bits per heavy atom. The predicted octanol–water partition coefficient (Wildman–Crippen LogP) is 4.47. The first kappa shape index (κ1) is 22.9. The van der Waals surface area contributed by atoms with Crippen molar-refractivity contribution in [1.29, 1.82) is 0 Å². The van der Waals surface area contributed by atoms with Crippen LogP contribution in [0.25, 0.3) is 0 Å². The summed E-state index contributed by atoms with van der Waals surface area (Å²) in [5.41, 5.74) is 0.135. The highest BCUT2D eigenvalue weighted by Gasteiger charge is 2.45. The zero-order valence-corrected chi connectivity index (χ0v) is 19.8. The molecule has 1 aliphatic heterocycles. The van der Waals surface area contributed by atoms with Crippen LogP contribution in [-0.2, 0) is 5.41 Å². The Morgan fingerprint density at radius 1 is 1.07 bits per heavy atom. The predicted molar refractivity (Wildman–Crippen MR) is 119 cm³/mol. The molecule has 0 amide bonds. The Labute approximate surface area is 172 Å². The molecule has 1 saturated heterocycles. The molecule has 0 aliphatic carbocycles. The molecule has 28 heavy (non-hydrogen) atoms. The van der Waals surface area contributed by atoms with Gasteiger partial charge >= 0.3 is 0 Å². The minimum atomic E-state index is -0.120. The van der Waals surface area contributed by atoms with Crippen LogP contribution in [0.4, 0.5) is 11.9 Å². The van der Waals surface area contributed by atoms with E-state index in [0.717, 1.165) is 44.0 Å². The van der Waals surface area contributed by atoms with E-state index < -0.39 is 0 Å². The average Bonchev–Trinajstić information content (AvgIpc) is 2.58. The number of nitrogens with one attached hydrogen (secondary N) is 1. The van der Waals surface area contributed by atoms with Gasteiger partial charge in [0.25, 0.3) is 0 Å². The maximum Gasteiger partial charge on any atom is 0.230 e. The van der Waals surface area contributed by atoms with E-state index in [1.54, 1.807) is 0 Å². The summed E-state index contributed by atoms with van der Waals surface area (Å²) in [6.45, 7) is 19.1. The van der Waals surface area contributed by atoms with Crippen molar-refractivity contribution in [1.82, 2.24) is 19.9 Å². The molecule has 6 heteroatoms. The van der Waals surface area contributed by atoms with E-state index in [2.05, 4.69) is 82.5 Å². The fourth-order valence-electron chi connectivity index (χ4n) is 4.25. The average molecular weight is 391 g/mol. The minimum absolute atomic E-state index is 0.120. The molecule has 0 bridgehead atoms. The molecule has 2 rings (SSSR count). The van der Waals surface area contributed by atoms with Crippen LogP contribution in [-0.4, -0.2) is 57.6 Å². The third kappa shape index (κ3) is 4.94. The summed E-state index contributed by atoms with van der Waals surface area (Å²) >= 11 is 0. The normalized spacial score (nSPS) is 20.2. The molecule has 1 aliphatic rings. The molecule has 0 saturated carbocycles. The second kappa shape index (κ2) is 8.13. The van der Waals surface area contributed by atoms with Crippen molar-refractivity contribution in [3.8, 4) is 0 Å². The highest BCUT2D eigenvalue weighted by molar-refractivity contribution is 5.39. The van der Waals surface area contributed by atoms with Crippen molar-refractivity contribution in [2.24, 2.45) is 0 Å². The number of hydrogen-bond donors (Lipinski definition) is 1. The topological polar surface area (TPSA) is 57.2 Å². The molecule has 2 heterocycles. The molecule has 6 nitrogen and oxygen atoms in total. The lowest BCUT2D eigenvalue weighted by molar-refractivity contribution is -0.0129. The number of hydrogen-bond acceptors (Lipinski definition) is 6. The van der Waals surface area contributed by atoms with E-state index in [0.29, 0.717) is 12.0 Å². The maximum absolute atomic E-state index is 4.95. The Balaban J connectivity index is 2.49. The number of aromatic nitrogens is 3. The van der Waals surface area contributed by atoms with Crippen LogP contribution in [0.15, 0.2) is 0 Å². The van der Waals surface area contributed by atoms with Crippen molar-refractivity contribution >= 4 is 11.9 Å². The van der Waals surface area contributed by atoms with E-state index in [9.17, 15) is 0 Å². The van der Waals surface area contributed by atoms with Gasteiger partial charge in [0.15, 0.2) is 0 Å². The van der Waals surface area contributed by atoms with Gasteiger partial charge in [-0.1, -0.05) is 34.1 Å². The standard InChI is InChI=1S/C22H42N6/c1-11-12-13-28(16-14-21(5,6)27(10)22(7,8)15-16)19-25-17(20(2,3)4)24-18(23-9)26-19/h16H,11-15H2,1-10H3,(H,23,24,25,26). The summed E-state index contributed by atoms with van der Waals surface area (Å²) in [4.78, 5) is 19.4. The molecule has 1 fully saturated rings. The van der Waals surface area contributed by atoms with Gasteiger partial charge in [0.2, 0.25) is 11.9 Å². The van der Waals surface area contributed by atoms with Crippen molar-refractivity contribution in [2.45, 2.75) is 104 Å². The summed E-state index contributed by atoms with van der Waals surface area (Å²) in [6, 6.07) is 0.410. The first-order chi connectivity index (χ1) is 12.8. The Kier molecular flexibility index (Phi) is 6.64. The summed E-state index contributed by atoms with van der Waals surface area (Å²) in [5, 5.41) is 3.14. The molecule has 1 aromatic heterocycles. The Hall–Kier alpha value is -1.43. The van der Waals surface area contributed by atoms with Crippen molar-refractivity contribution in [3.05, 3.63) is 5.82 Å². The number of anilines is 2. The van der Waals surface area contributed by atoms with E-state index >= 15 is 0 Å². The third-order valence-corrected chi connectivity index (χ3v) is 6.25. The highest BCUT2D eigenvalue weighted by atomic mass is 15.3. The van der Waals surface area contributed by atoms with Crippen LogP contribution in [0, 0.1) is 0 Å². The minimum Gasteiger partial charge on any atom is -0.357 e. The van der Waals surface area contributed by atoms with E-state index in [-0.39, 0.29) is 16.5 Å². The van der Waals surface area contributed by atoms with Gasteiger partial charge in [0.05, 0.1) is 0 Å². The third-order valence-electron chi connectivity index (χ3n) is 6.25.